The zero-order valence-electron chi connectivity index (χ0n) is 8.85. The van der Waals surface area contributed by atoms with E-state index in [1.54, 1.807) is 0 Å². The van der Waals surface area contributed by atoms with Crippen LogP contribution in [0.5, 0.6) is 5.75 Å². The average Bonchev–Trinajstić information content (AvgIpc) is 2.19. The summed E-state index contributed by atoms with van der Waals surface area (Å²) < 4.78 is 5.83. The van der Waals surface area contributed by atoms with Gasteiger partial charge in [0.2, 0.25) is 0 Å². The second-order valence-corrected chi connectivity index (χ2v) is 3.88. The molecule has 0 unspecified atom stereocenters. The predicted molar refractivity (Wildman–Crippen MR) is 57.3 cm³/mol. The number of para-hydroxylation sites is 1. The van der Waals surface area contributed by atoms with E-state index < -0.39 is 0 Å². The van der Waals surface area contributed by atoms with Gasteiger partial charge in [0.05, 0.1) is 6.61 Å². The summed E-state index contributed by atoms with van der Waals surface area (Å²) >= 11 is 0. The second-order valence-electron chi connectivity index (χ2n) is 3.88. The second kappa shape index (κ2) is 4.61. The Bertz CT molecular complexity index is 324. The molecule has 4 nitrogen and oxygen atoms in total. The van der Waals surface area contributed by atoms with Crippen molar-refractivity contribution < 1.29 is 9.57 Å². The van der Waals surface area contributed by atoms with Crippen molar-refractivity contribution in [3.8, 4) is 5.75 Å². The largest absolute Gasteiger partial charge is 0.487 e. The van der Waals surface area contributed by atoms with Crippen molar-refractivity contribution in [2.45, 2.75) is 12.7 Å². The van der Waals surface area contributed by atoms with Gasteiger partial charge in [-0.25, -0.2) is 5.90 Å². The summed E-state index contributed by atoms with van der Waals surface area (Å²) in [6.07, 6.45) is 0.300. The molecule has 1 heterocycles. The van der Waals surface area contributed by atoms with E-state index in [0.717, 1.165) is 24.4 Å². The van der Waals surface area contributed by atoms with Crippen molar-refractivity contribution in [2.24, 2.45) is 5.90 Å². The molecular formula is C11H16N2O2. The van der Waals surface area contributed by atoms with Crippen molar-refractivity contribution in [3.05, 3.63) is 29.8 Å². The lowest BCUT2D eigenvalue weighted by Crippen LogP contribution is -2.51. The Morgan fingerprint density at radius 3 is 2.80 bits per heavy atom. The molecule has 0 aromatic heterocycles. The van der Waals surface area contributed by atoms with E-state index in [2.05, 4.69) is 16.8 Å². The normalized spacial score (nSPS) is 17.5. The maximum absolute atomic E-state index is 5.83. The zero-order valence-corrected chi connectivity index (χ0v) is 8.85. The molecule has 1 aliphatic rings. The first-order valence-electron chi connectivity index (χ1n) is 5.04. The van der Waals surface area contributed by atoms with Crippen LogP contribution in [0.3, 0.4) is 0 Å². The highest BCUT2D eigenvalue weighted by atomic mass is 16.6. The Morgan fingerprint density at radius 2 is 2.13 bits per heavy atom. The van der Waals surface area contributed by atoms with Crippen LogP contribution in [-0.4, -0.2) is 31.1 Å². The number of rotatable bonds is 4. The van der Waals surface area contributed by atoms with Crippen molar-refractivity contribution in [2.75, 3.05) is 20.1 Å². The van der Waals surface area contributed by atoms with Gasteiger partial charge < -0.3 is 4.74 Å². The van der Waals surface area contributed by atoms with Crippen molar-refractivity contribution in [3.63, 3.8) is 0 Å². The third kappa shape index (κ3) is 2.47. The van der Waals surface area contributed by atoms with Crippen molar-refractivity contribution in [1.82, 2.24) is 4.90 Å². The Labute approximate surface area is 89.5 Å². The minimum Gasteiger partial charge on any atom is -0.487 e. The fourth-order valence-electron chi connectivity index (χ4n) is 1.72. The molecular weight excluding hydrogens is 192 g/mol. The Balaban J connectivity index is 2.00. The SMILES string of the molecule is CN1CC(Oc2ccccc2CON)C1. The molecule has 4 heteroatoms. The zero-order chi connectivity index (χ0) is 10.7. The lowest BCUT2D eigenvalue weighted by Gasteiger charge is -2.36. The summed E-state index contributed by atoms with van der Waals surface area (Å²) in [6, 6.07) is 7.82. The molecule has 0 bridgehead atoms. The molecule has 0 atom stereocenters. The summed E-state index contributed by atoms with van der Waals surface area (Å²) in [5.74, 6) is 5.94. The first kappa shape index (κ1) is 10.4. The van der Waals surface area contributed by atoms with Crippen LogP contribution >= 0.6 is 0 Å². The molecule has 0 amide bonds. The van der Waals surface area contributed by atoms with E-state index in [1.165, 1.54) is 0 Å². The number of hydrogen-bond acceptors (Lipinski definition) is 4. The van der Waals surface area contributed by atoms with E-state index >= 15 is 0 Å². The van der Waals surface area contributed by atoms with Crippen LogP contribution in [0.25, 0.3) is 0 Å². The monoisotopic (exact) mass is 208 g/mol. The molecule has 1 aliphatic heterocycles. The fraction of sp³-hybridized carbons (Fsp3) is 0.455. The summed E-state index contributed by atoms with van der Waals surface area (Å²) in [5.41, 5.74) is 0.995. The molecule has 2 N–H and O–H groups in total. The third-order valence-corrected chi connectivity index (χ3v) is 2.54. The Kier molecular flexibility index (Phi) is 3.20. The van der Waals surface area contributed by atoms with Gasteiger partial charge in [-0.2, -0.15) is 0 Å². The molecule has 15 heavy (non-hydrogen) atoms. The number of ether oxygens (including phenoxy) is 1. The number of likely N-dealkylation sites (N-methyl/N-ethyl adjacent to an activating group) is 1. The van der Waals surface area contributed by atoms with Gasteiger partial charge in [-0.15, -0.1) is 0 Å². The van der Waals surface area contributed by atoms with Crippen LogP contribution in [0.1, 0.15) is 5.56 Å². The lowest BCUT2D eigenvalue weighted by atomic mass is 10.1. The fourth-order valence-corrected chi connectivity index (χ4v) is 1.72. The highest BCUT2D eigenvalue weighted by Gasteiger charge is 2.25. The van der Waals surface area contributed by atoms with Crippen molar-refractivity contribution in [1.29, 1.82) is 0 Å². The van der Waals surface area contributed by atoms with Crippen LogP contribution in [0.2, 0.25) is 0 Å². The highest BCUT2D eigenvalue weighted by Crippen LogP contribution is 2.22. The summed E-state index contributed by atoms with van der Waals surface area (Å²) in [7, 11) is 2.08. The summed E-state index contributed by atoms with van der Waals surface area (Å²) in [6.45, 7) is 2.36. The molecule has 0 aliphatic carbocycles. The van der Waals surface area contributed by atoms with Crippen LogP contribution in [0, 0.1) is 0 Å². The number of nitrogens with zero attached hydrogens (tertiary/aromatic N) is 1. The number of benzene rings is 1. The van der Waals surface area contributed by atoms with Crippen LogP contribution in [0.4, 0.5) is 0 Å². The first-order chi connectivity index (χ1) is 7.29. The van der Waals surface area contributed by atoms with Gasteiger partial charge >= 0.3 is 0 Å². The standard InChI is InChI=1S/C11H16N2O2/c1-13-6-10(7-13)15-11-5-3-2-4-9(11)8-14-12/h2-5,10H,6-8,12H2,1H3. The van der Waals surface area contributed by atoms with Gasteiger partial charge in [-0.1, -0.05) is 18.2 Å². The summed E-state index contributed by atoms with van der Waals surface area (Å²) in [5, 5.41) is 0. The molecule has 1 fully saturated rings. The van der Waals surface area contributed by atoms with E-state index in [4.69, 9.17) is 10.6 Å². The smallest absolute Gasteiger partial charge is 0.125 e. The van der Waals surface area contributed by atoms with E-state index in [0.29, 0.717) is 12.7 Å². The first-order valence-corrected chi connectivity index (χ1v) is 5.04. The number of nitrogens with two attached hydrogens (primary N) is 1. The summed E-state index contributed by atoms with van der Waals surface area (Å²) in [4.78, 5) is 6.85. The van der Waals surface area contributed by atoms with E-state index in [9.17, 15) is 0 Å². The van der Waals surface area contributed by atoms with Crippen LogP contribution in [0.15, 0.2) is 24.3 Å². The minimum absolute atomic E-state index is 0.300. The molecule has 0 radical (unpaired) electrons. The van der Waals surface area contributed by atoms with Crippen LogP contribution < -0.4 is 10.6 Å². The highest BCUT2D eigenvalue weighted by molar-refractivity contribution is 5.33. The Morgan fingerprint density at radius 1 is 1.40 bits per heavy atom. The number of hydrogen-bond donors (Lipinski definition) is 1. The molecule has 0 spiro atoms. The maximum Gasteiger partial charge on any atom is 0.125 e. The van der Waals surface area contributed by atoms with Crippen LogP contribution in [-0.2, 0) is 11.4 Å². The minimum atomic E-state index is 0.300. The predicted octanol–water partition coefficient (Wildman–Crippen LogP) is 0.770. The number of likely N-dealkylation sites (tertiary alicyclic amines) is 1. The van der Waals surface area contributed by atoms with Gasteiger partial charge in [0.25, 0.3) is 0 Å². The third-order valence-electron chi connectivity index (χ3n) is 2.54. The van der Waals surface area contributed by atoms with E-state index in [1.807, 2.05) is 24.3 Å². The molecule has 0 saturated carbocycles. The lowest BCUT2D eigenvalue weighted by molar-refractivity contribution is 0.0357. The van der Waals surface area contributed by atoms with Crippen molar-refractivity contribution >= 4 is 0 Å². The van der Waals surface area contributed by atoms with Gasteiger partial charge in [-0.05, 0) is 13.1 Å². The molecule has 2 rings (SSSR count). The Hall–Kier alpha value is -1.10. The van der Waals surface area contributed by atoms with Gasteiger partial charge in [-0.3, -0.25) is 9.74 Å². The molecule has 1 aromatic carbocycles. The quantitative estimate of drug-likeness (QED) is 0.742. The molecule has 1 aromatic rings. The van der Waals surface area contributed by atoms with Gasteiger partial charge in [0.1, 0.15) is 11.9 Å². The van der Waals surface area contributed by atoms with Gasteiger partial charge in [0, 0.05) is 18.7 Å². The molecule has 82 valence electrons. The van der Waals surface area contributed by atoms with E-state index in [-0.39, 0.29) is 0 Å². The average molecular weight is 208 g/mol. The topological polar surface area (TPSA) is 47.7 Å². The maximum atomic E-state index is 5.83. The van der Waals surface area contributed by atoms with Gasteiger partial charge in [0.15, 0.2) is 0 Å². The molecule has 1 saturated heterocycles.